The van der Waals surface area contributed by atoms with Gasteiger partial charge in [0.25, 0.3) is 0 Å². The monoisotopic (exact) mass is 449 g/mol. The van der Waals surface area contributed by atoms with E-state index in [0.29, 0.717) is 12.1 Å². The van der Waals surface area contributed by atoms with Gasteiger partial charge in [-0.25, -0.2) is 0 Å². The molecule has 31 heavy (non-hydrogen) atoms. The fourth-order valence-electron chi connectivity index (χ4n) is 3.51. The maximum absolute atomic E-state index is 13.5. The van der Waals surface area contributed by atoms with Crippen LogP contribution in [0.25, 0.3) is 22.0 Å². The molecule has 168 valence electrons. The van der Waals surface area contributed by atoms with Gasteiger partial charge in [-0.2, -0.15) is 13.2 Å². The Morgan fingerprint density at radius 2 is 1.74 bits per heavy atom. The zero-order valence-corrected chi connectivity index (χ0v) is 19.7. The number of rotatable bonds is 5. The summed E-state index contributed by atoms with van der Waals surface area (Å²) < 4.78 is 46.2. The van der Waals surface area contributed by atoms with Crippen molar-refractivity contribution >= 4 is 22.9 Å². The first-order valence-electron chi connectivity index (χ1n) is 10.3. The van der Waals surface area contributed by atoms with E-state index in [1.807, 2.05) is 12.1 Å². The van der Waals surface area contributed by atoms with E-state index in [1.165, 1.54) is 12.3 Å². The highest BCUT2D eigenvalue weighted by atomic mass is 32.2. The lowest BCUT2D eigenvalue weighted by atomic mass is 9.96. The van der Waals surface area contributed by atoms with Crippen molar-refractivity contribution in [1.29, 1.82) is 0 Å². The summed E-state index contributed by atoms with van der Waals surface area (Å²) in [6, 6.07) is 8.57. The molecule has 0 spiro atoms. The number of alkyl halides is 3. The molecule has 1 aromatic carbocycles. The number of aromatic nitrogens is 2. The lowest BCUT2D eigenvalue weighted by Gasteiger charge is -2.20. The van der Waals surface area contributed by atoms with E-state index < -0.39 is 11.9 Å². The van der Waals surface area contributed by atoms with Crippen molar-refractivity contribution in [2.24, 2.45) is 5.41 Å². The molecule has 7 heteroatoms. The van der Waals surface area contributed by atoms with Crippen LogP contribution in [0.2, 0.25) is 0 Å². The summed E-state index contributed by atoms with van der Waals surface area (Å²) in [4.78, 5) is 3.61. The minimum Gasteiger partial charge on any atom is -0.347 e. The topological polar surface area (TPSA) is 29.9 Å². The van der Waals surface area contributed by atoms with Crippen molar-refractivity contribution in [1.82, 2.24) is 14.3 Å². The van der Waals surface area contributed by atoms with Crippen molar-refractivity contribution in [2.45, 2.75) is 65.6 Å². The van der Waals surface area contributed by atoms with Crippen LogP contribution in [-0.4, -0.2) is 14.3 Å². The Kier molecular flexibility index (Phi) is 6.50. The molecule has 0 radical (unpaired) electrons. The molecule has 2 heterocycles. The quantitative estimate of drug-likeness (QED) is 0.414. The normalized spacial score (nSPS) is 13.2. The SMILES string of the molecule is CC(C)(C)Cn1cc(CNSC(C)(C)C)c2ccc(-c3cccnc3C(F)(F)F)cc21. The second-order valence-corrected chi connectivity index (χ2v) is 11.7. The molecule has 0 aliphatic heterocycles. The van der Waals surface area contributed by atoms with Crippen LogP contribution >= 0.6 is 11.9 Å². The number of nitrogens with zero attached hydrogens (tertiary/aromatic N) is 2. The van der Waals surface area contributed by atoms with E-state index in [4.69, 9.17) is 0 Å². The van der Waals surface area contributed by atoms with Crippen molar-refractivity contribution in [3.05, 3.63) is 54.0 Å². The van der Waals surface area contributed by atoms with Crippen LogP contribution in [-0.2, 0) is 19.3 Å². The molecule has 3 rings (SSSR count). The largest absolute Gasteiger partial charge is 0.433 e. The Balaban J connectivity index is 2.08. The number of pyridine rings is 1. The van der Waals surface area contributed by atoms with E-state index >= 15 is 0 Å². The molecule has 1 N–H and O–H groups in total. The van der Waals surface area contributed by atoms with E-state index in [2.05, 4.69) is 62.0 Å². The van der Waals surface area contributed by atoms with Crippen molar-refractivity contribution in [3.63, 3.8) is 0 Å². The maximum Gasteiger partial charge on any atom is 0.433 e. The Morgan fingerprint density at radius 1 is 1.03 bits per heavy atom. The molecule has 2 aromatic heterocycles. The first-order chi connectivity index (χ1) is 14.2. The molecule has 0 aliphatic rings. The number of nitrogens with one attached hydrogen (secondary N) is 1. The summed E-state index contributed by atoms with van der Waals surface area (Å²) in [6.07, 6.45) is -1.20. The van der Waals surface area contributed by atoms with Gasteiger partial charge in [-0.3, -0.25) is 9.71 Å². The van der Waals surface area contributed by atoms with Crippen molar-refractivity contribution in [3.8, 4) is 11.1 Å². The lowest BCUT2D eigenvalue weighted by molar-refractivity contribution is -0.140. The van der Waals surface area contributed by atoms with Gasteiger partial charge in [-0.15, -0.1) is 0 Å². The molecule has 3 nitrogen and oxygen atoms in total. The van der Waals surface area contributed by atoms with Crippen LogP contribution < -0.4 is 4.72 Å². The van der Waals surface area contributed by atoms with Gasteiger partial charge < -0.3 is 4.57 Å². The average molecular weight is 450 g/mol. The summed E-state index contributed by atoms with van der Waals surface area (Å²) in [5.74, 6) is 0. The average Bonchev–Trinajstić information content (AvgIpc) is 2.95. The summed E-state index contributed by atoms with van der Waals surface area (Å²) in [5, 5.41) is 1.05. The van der Waals surface area contributed by atoms with Crippen LogP contribution in [0.15, 0.2) is 42.7 Å². The zero-order valence-electron chi connectivity index (χ0n) is 18.9. The van der Waals surface area contributed by atoms with Crippen LogP contribution in [0, 0.1) is 5.41 Å². The van der Waals surface area contributed by atoms with Crippen LogP contribution in [0.3, 0.4) is 0 Å². The molecule has 0 atom stereocenters. The van der Waals surface area contributed by atoms with Gasteiger partial charge in [-0.1, -0.05) is 50.9 Å². The molecular formula is C24H30F3N3S. The van der Waals surface area contributed by atoms with E-state index in [1.54, 1.807) is 24.1 Å². The third-order valence-corrected chi connectivity index (χ3v) is 5.54. The van der Waals surface area contributed by atoms with Crippen LogP contribution in [0.5, 0.6) is 0 Å². The van der Waals surface area contributed by atoms with Gasteiger partial charge in [0.2, 0.25) is 0 Å². The Hall–Kier alpha value is -1.99. The van der Waals surface area contributed by atoms with Gasteiger partial charge in [0, 0.05) is 46.7 Å². The number of hydrogen-bond donors (Lipinski definition) is 1. The zero-order chi connectivity index (χ0) is 23.0. The minimum absolute atomic E-state index is 0.0260. The van der Waals surface area contributed by atoms with Gasteiger partial charge in [0.05, 0.1) is 0 Å². The van der Waals surface area contributed by atoms with E-state index in [-0.39, 0.29) is 15.7 Å². The Morgan fingerprint density at radius 3 is 2.35 bits per heavy atom. The summed E-state index contributed by atoms with van der Waals surface area (Å²) in [7, 11) is 0. The van der Waals surface area contributed by atoms with Gasteiger partial charge in [-0.05, 0) is 49.4 Å². The number of fused-ring (bicyclic) bond motifs is 1. The predicted molar refractivity (Wildman–Crippen MR) is 124 cm³/mol. The third-order valence-electron chi connectivity index (χ3n) is 4.64. The first-order valence-corrected chi connectivity index (χ1v) is 11.1. The first kappa shape index (κ1) is 23.7. The molecule has 0 amide bonds. The highest BCUT2D eigenvalue weighted by Gasteiger charge is 2.35. The van der Waals surface area contributed by atoms with E-state index in [9.17, 15) is 13.2 Å². The standard InChI is InChI=1S/C24H30F3N3S/c1-22(2,3)15-30-14-17(13-29-31-23(4,5)6)18-10-9-16(12-20(18)30)19-8-7-11-28-21(19)24(25,26)27/h7-12,14,29H,13,15H2,1-6H3. The van der Waals surface area contributed by atoms with Crippen molar-refractivity contribution < 1.29 is 13.2 Å². The Labute approximate surface area is 186 Å². The second kappa shape index (κ2) is 8.51. The molecule has 0 aliphatic carbocycles. The van der Waals surface area contributed by atoms with Crippen LogP contribution in [0.4, 0.5) is 13.2 Å². The number of halogens is 3. The second-order valence-electron chi connectivity index (χ2n) is 10.0. The smallest absolute Gasteiger partial charge is 0.347 e. The van der Waals surface area contributed by atoms with Gasteiger partial charge in [0.1, 0.15) is 0 Å². The molecule has 0 saturated heterocycles. The number of benzene rings is 1. The predicted octanol–water partition coefficient (Wildman–Crippen LogP) is 7.30. The fraction of sp³-hybridized carbons (Fsp3) is 0.458. The molecule has 0 fully saturated rings. The highest BCUT2D eigenvalue weighted by molar-refractivity contribution is 7.98. The van der Waals surface area contributed by atoms with Crippen LogP contribution in [0.1, 0.15) is 52.8 Å². The Bertz CT molecular complexity index is 1060. The molecule has 3 aromatic rings. The third kappa shape index (κ3) is 6.04. The van der Waals surface area contributed by atoms with Crippen molar-refractivity contribution in [2.75, 3.05) is 0 Å². The van der Waals surface area contributed by atoms with Gasteiger partial charge >= 0.3 is 6.18 Å². The molecule has 0 saturated carbocycles. The minimum atomic E-state index is -4.50. The van der Waals surface area contributed by atoms with Gasteiger partial charge in [0.15, 0.2) is 5.69 Å². The molecule has 0 bridgehead atoms. The lowest BCUT2D eigenvalue weighted by Crippen LogP contribution is -2.16. The fourth-order valence-corrected chi connectivity index (χ4v) is 4.17. The maximum atomic E-state index is 13.5. The molecular weight excluding hydrogens is 419 g/mol. The van der Waals surface area contributed by atoms with E-state index in [0.717, 1.165) is 23.0 Å². The summed E-state index contributed by atoms with van der Waals surface area (Å²) in [5.41, 5.74) is 1.85. The number of hydrogen-bond acceptors (Lipinski definition) is 3. The summed E-state index contributed by atoms with van der Waals surface area (Å²) >= 11 is 1.67. The summed E-state index contributed by atoms with van der Waals surface area (Å²) in [6.45, 7) is 14.3. The highest BCUT2D eigenvalue weighted by Crippen LogP contribution is 2.37. The molecule has 0 unspecified atom stereocenters.